The maximum atomic E-state index is 11.1. The first kappa shape index (κ1) is 16.1. The summed E-state index contributed by atoms with van der Waals surface area (Å²) < 4.78 is 0. The van der Waals surface area contributed by atoms with Crippen LogP contribution >= 0.6 is 0 Å². The Hall–Kier alpha value is -2.77. The molecule has 1 aromatic carbocycles. The van der Waals surface area contributed by atoms with Crippen LogP contribution in [0.5, 0.6) is 0 Å². The van der Waals surface area contributed by atoms with Gasteiger partial charge in [0.25, 0.3) is 5.69 Å². The van der Waals surface area contributed by atoms with Crippen molar-refractivity contribution in [2.45, 2.75) is 26.7 Å². The number of non-ortho nitro benzene ring substituents is 1. The lowest BCUT2D eigenvalue weighted by atomic mass is 9.49. The van der Waals surface area contributed by atoms with E-state index in [0.717, 1.165) is 30.4 Å². The largest absolute Gasteiger partial charge is 0.301 e. The van der Waals surface area contributed by atoms with Crippen molar-refractivity contribution in [2.24, 2.45) is 22.4 Å². The van der Waals surface area contributed by atoms with Crippen LogP contribution in [0.3, 0.4) is 0 Å². The highest BCUT2D eigenvalue weighted by Crippen LogP contribution is 2.58. The Morgan fingerprint density at radius 2 is 2.04 bits per heavy atom. The summed E-state index contributed by atoms with van der Waals surface area (Å²) in [4.78, 5) is 20.5. The lowest BCUT2D eigenvalue weighted by Gasteiger charge is -2.55. The van der Waals surface area contributed by atoms with E-state index in [1.807, 2.05) is 0 Å². The third-order valence-corrected chi connectivity index (χ3v) is 5.30. The molecular weight excluding hydrogens is 312 g/mol. The summed E-state index contributed by atoms with van der Waals surface area (Å²) in [5.41, 5.74) is 3.48. The molecule has 1 N–H and O–H groups in total. The normalized spacial score (nSPS) is 24.2. The van der Waals surface area contributed by atoms with Crippen LogP contribution in [0.2, 0.25) is 0 Å². The highest BCUT2D eigenvalue weighted by atomic mass is 16.6. The van der Waals surface area contributed by atoms with Crippen molar-refractivity contribution in [1.29, 1.82) is 0 Å². The molecule has 1 fully saturated rings. The lowest BCUT2D eigenvalue weighted by molar-refractivity contribution is -0.393. The van der Waals surface area contributed by atoms with Gasteiger partial charge in [-0.25, -0.2) is 0 Å². The van der Waals surface area contributed by atoms with Crippen molar-refractivity contribution in [3.8, 4) is 0 Å². The molecule has 0 unspecified atom stereocenters. The molecule has 24 heavy (non-hydrogen) atoms. The fraction of sp³-hybridized carbons (Fsp3) is 0.438. The first-order valence-corrected chi connectivity index (χ1v) is 7.72. The Morgan fingerprint density at radius 1 is 1.29 bits per heavy atom. The number of nitrogens with one attached hydrogen (secondary N) is 1. The zero-order valence-electron chi connectivity index (χ0n) is 13.4. The van der Waals surface area contributed by atoms with E-state index in [4.69, 9.17) is 0 Å². The van der Waals surface area contributed by atoms with Crippen molar-refractivity contribution in [1.82, 2.24) is 0 Å². The number of nitro benzene ring substituents is 2. The van der Waals surface area contributed by atoms with Gasteiger partial charge in [0.05, 0.1) is 22.1 Å². The second-order valence-electron chi connectivity index (χ2n) is 6.83. The Morgan fingerprint density at radius 3 is 2.62 bits per heavy atom. The highest BCUT2D eigenvalue weighted by molar-refractivity contribution is 5.81. The highest BCUT2D eigenvalue weighted by Gasteiger charge is 2.50. The van der Waals surface area contributed by atoms with Gasteiger partial charge in [-0.3, -0.25) is 25.7 Å². The average molecular weight is 330 g/mol. The maximum Gasteiger partial charge on any atom is 0.301 e. The molecule has 0 spiro atoms. The summed E-state index contributed by atoms with van der Waals surface area (Å²) in [5, 5.41) is 25.9. The second-order valence-corrected chi connectivity index (χ2v) is 6.83. The maximum absolute atomic E-state index is 11.1. The summed E-state index contributed by atoms with van der Waals surface area (Å²) in [6.45, 7) is 4.50. The molecule has 0 heterocycles. The minimum atomic E-state index is -0.665. The summed E-state index contributed by atoms with van der Waals surface area (Å²) in [7, 11) is 0. The van der Waals surface area contributed by atoms with Crippen molar-refractivity contribution in [3.63, 3.8) is 0 Å². The number of rotatable bonds is 5. The number of allylic oxidation sites excluding steroid dienone is 2. The third kappa shape index (κ3) is 2.64. The standard InChI is InChI=1S/C16H18N4O4/c1-16(2)11-4-3-10(13(16)7-11)9-17-18-14-6-5-12(19(21)22)8-15(14)20(23)24/h3,5-6,8-9,11,13,18H,4,7H2,1-2H3/b17-9-/t11-,13+/m1/s1. The summed E-state index contributed by atoms with van der Waals surface area (Å²) in [6, 6.07) is 3.44. The molecule has 0 aromatic heterocycles. The molecule has 1 aromatic rings. The van der Waals surface area contributed by atoms with Gasteiger partial charge in [0, 0.05) is 6.07 Å². The SMILES string of the molecule is CC1(C)[C@@H]2CC=C(/C=N\Nc3ccc([N+](=O)[O-])cc3[N+](=O)[O-])[C@@H]1C2. The molecule has 0 saturated heterocycles. The zero-order valence-corrected chi connectivity index (χ0v) is 13.4. The molecule has 3 aliphatic carbocycles. The molecular formula is C16H18N4O4. The van der Waals surface area contributed by atoms with Gasteiger partial charge in [0.2, 0.25) is 0 Å². The molecule has 0 aliphatic heterocycles. The van der Waals surface area contributed by atoms with Gasteiger partial charge in [-0.2, -0.15) is 5.10 Å². The molecule has 126 valence electrons. The number of nitrogens with zero attached hydrogens (tertiary/aromatic N) is 3. The molecule has 3 aliphatic rings. The van der Waals surface area contributed by atoms with Gasteiger partial charge in [-0.05, 0) is 41.7 Å². The number of hydrogen-bond acceptors (Lipinski definition) is 6. The van der Waals surface area contributed by atoms with Crippen molar-refractivity contribution >= 4 is 23.3 Å². The second kappa shape index (κ2) is 5.70. The van der Waals surface area contributed by atoms with E-state index in [2.05, 4.69) is 30.5 Å². The van der Waals surface area contributed by atoms with Crippen LogP contribution in [0.4, 0.5) is 17.1 Å². The number of hydrogen-bond donors (Lipinski definition) is 1. The smallest absolute Gasteiger partial charge is 0.272 e. The van der Waals surface area contributed by atoms with Crippen molar-refractivity contribution in [2.75, 3.05) is 5.43 Å². The number of nitro groups is 2. The van der Waals surface area contributed by atoms with Crippen LogP contribution < -0.4 is 5.43 Å². The quantitative estimate of drug-likeness (QED) is 0.500. The Kier molecular flexibility index (Phi) is 3.82. The van der Waals surface area contributed by atoms with Crippen LogP contribution in [0.25, 0.3) is 0 Å². The Bertz CT molecular complexity index is 769. The number of anilines is 1. The predicted octanol–water partition coefficient (Wildman–Crippen LogP) is 3.89. The topological polar surface area (TPSA) is 111 Å². The zero-order chi connectivity index (χ0) is 17.5. The first-order chi connectivity index (χ1) is 11.3. The van der Waals surface area contributed by atoms with Gasteiger partial charge in [-0.15, -0.1) is 0 Å². The molecule has 8 heteroatoms. The van der Waals surface area contributed by atoms with E-state index >= 15 is 0 Å². The molecule has 4 rings (SSSR count). The predicted molar refractivity (Wildman–Crippen MR) is 89.9 cm³/mol. The van der Waals surface area contributed by atoms with Crippen LogP contribution in [-0.2, 0) is 0 Å². The lowest BCUT2D eigenvalue weighted by Crippen LogP contribution is -2.48. The van der Waals surface area contributed by atoms with Crippen molar-refractivity contribution < 1.29 is 9.85 Å². The van der Waals surface area contributed by atoms with E-state index in [1.165, 1.54) is 12.1 Å². The van der Waals surface area contributed by atoms with E-state index in [0.29, 0.717) is 5.92 Å². The van der Waals surface area contributed by atoms with Gasteiger partial charge >= 0.3 is 5.69 Å². The number of fused-ring (bicyclic) bond motifs is 1. The van der Waals surface area contributed by atoms with Crippen LogP contribution in [-0.4, -0.2) is 16.1 Å². The fourth-order valence-electron chi connectivity index (χ4n) is 3.60. The van der Waals surface area contributed by atoms with E-state index in [1.54, 1.807) is 6.21 Å². The van der Waals surface area contributed by atoms with Crippen LogP contribution in [0.15, 0.2) is 34.9 Å². The number of hydrazone groups is 1. The Balaban J connectivity index is 1.76. The van der Waals surface area contributed by atoms with E-state index < -0.39 is 9.85 Å². The van der Waals surface area contributed by atoms with Gasteiger partial charge in [0.1, 0.15) is 5.69 Å². The number of benzene rings is 1. The average Bonchev–Trinajstić information content (AvgIpc) is 2.54. The molecule has 2 atom stereocenters. The van der Waals surface area contributed by atoms with Crippen LogP contribution in [0, 0.1) is 37.5 Å². The molecule has 0 radical (unpaired) electrons. The Labute approximate surface area is 138 Å². The monoisotopic (exact) mass is 330 g/mol. The van der Waals surface area contributed by atoms with Gasteiger partial charge < -0.3 is 0 Å². The van der Waals surface area contributed by atoms with Gasteiger partial charge in [0.15, 0.2) is 0 Å². The molecule has 8 nitrogen and oxygen atoms in total. The minimum absolute atomic E-state index is 0.129. The minimum Gasteiger partial charge on any atom is -0.272 e. The molecule has 1 saturated carbocycles. The first-order valence-electron chi connectivity index (χ1n) is 7.72. The third-order valence-electron chi connectivity index (χ3n) is 5.30. The van der Waals surface area contributed by atoms with Crippen LogP contribution in [0.1, 0.15) is 26.7 Å². The fourth-order valence-corrected chi connectivity index (χ4v) is 3.60. The van der Waals surface area contributed by atoms with E-state index in [-0.39, 0.29) is 22.5 Å². The summed E-state index contributed by atoms with van der Waals surface area (Å²) in [5.74, 6) is 1.19. The van der Waals surface area contributed by atoms with Crippen molar-refractivity contribution in [3.05, 3.63) is 50.1 Å². The summed E-state index contributed by atoms with van der Waals surface area (Å²) >= 11 is 0. The van der Waals surface area contributed by atoms with E-state index in [9.17, 15) is 20.2 Å². The van der Waals surface area contributed by atoms with Gasteiger partial charge in [-0.1, -0.05) is 19.9 Å². The molecule has 2 bridgehead atoms. The molecule has 0 amide bonds. The summed E-state index contributed by atoms with van der Waals surface area (Å²) in [6.07, 6.45) is 6.05.